The second-order valence-electron chi connectivity index (χ2n) is 5.19. The van der Waals surface area contributed by atoms with Gasteiger partial charge in [0, 0.05) is 24.0 Å². The van der Waals surface area contributed by atoms with Gasteiger partial charge in [0.2, 0.25) is 0 Å². The van der Waals surface area contributed by atoms with Crippen LogP contribution in [0.5, 0.6) is 0 Å². The van der Waals surface area contributed by atoms with E-state index in [1.165, 1.54) is 0 Å². The lowest BCUT2D eigenvalue weighted by Gasteiger charge is -2.22. The minimum atomic E-state index is 0.00708. The number of hydrazine groups is 1. The number of nitrogens with zero attached hydrogens (tertiary/aromatic N) is 3. The number of para-hydroxylation sites is 1. The van der Waals surface area contributed by atoms with Crippen LogP contribution in [0.2, 0.25) is 0 Å². The Balaban J connectivity index is 2.29. The Kier molecular flexibility index (Phi) is 5.09. The predicted octanol–water partition coefficient (Wildman–Crippen LogP) is 2.50. The van der Waals surface area contributed by atoms with Crippen LogP contribution in [-0.4, -0.2) is 23.0 Å². The van der Waals surface area contributed by atoms with E-state index in [2.05, 4.69) is 34.4 Å². The van der Waals surface area contributed by atoms with Gasteiger partial charge in [-0.2, -0.15) is 5.26 Å². The Hall–Kier alpha value is -2.16. The molecule has 0 saturated heterocycles. The molecule has 1 atom stereocenters. The molecule has 21 heavy (non-hydrogen) atoms. The molecule has 0 saturated carbocycles. The number of nitrogens with one attached hydrogen (secondary N) is 1. The van der Waals surface area contributed by atoms with Crippen molar-refractivity contribution in [2.45, 2.75) is 20.4 Å². The fraction of sp³-hybridized carbons (Fsp3) is 0.375. The first-order valence-electron chi connectivity index (χ1n) is 7.15. The summed E-state index contributed by atoms with van der Waals surface area (Å²) in [4.78, 5) is 6.78. The molecular weight excluding hydrogens is 262 g/mol. The Morgan fingerprint density at radius 2 is 2.19 bits per heavy atom. The van der Waals surface area contributed by atoms with Crippen LogP contribution in [0.4, 0.5) is 5.82 Å². The van der Waals surface area contributed by atoms with Crippen LogP contribution < -0.4 is 11.3 Å². The third kappa shape index (κ3) is 3.69. The lowest BCUT2D eigenvalue weighted by molar-refractivity contribution is 0.260. The van der Waals surface area contributed by atoms with Crippen molar-refractivity contribution in [2.24, 2.45) is 11.8 Å². The summed E-state index contributed by atoms with van der Waals surface area (Å²) in [5, 5.41) is 10.1. The molecule has 2 rings (SSSR count). The summed E-state index contributed by atoms with van der Waals surface area (Å²) < 4.78 is 0. The number of nitrogens with two attached hydrogens (primary N) is 1. The standard InChI is InChI=1S/C16H21N5/c1-3-21(10-12(2)9-17)11-14-8-13-6-4-5-7-15(13)19-16(14)20-18/h4-8,12H,3,10-11,18H2,1-2H3,(H,19,20). The molecule has 0 amide bonds. The van der Waals surface area contributed by atoms with Crippen molar-refractivity contribution in [3.05, 3.63) is 35.9 Å². The Labute approximate surface area is 125 Å². The highest BCUT2D eigenvalue weighted by molar-refractivity contribution is 5.81. The highest BCUT2D eigenvalue weighted by Gasteiger charge is 2.12. The summed E-state index contributed by atoms with van der Waals surface area (Å²) in [5.74, 6) is 6.30. The van der Waals surface area contributed by atoms with Crippen molar-refractivity contribution in [1.29, 1.82) is 5.26 Å². The maximum absolute atomic E-state index is 8.97. The first kappa shape index (κ1) is 15.2. The molecule has 0 aliphatic rings. The van der Waals surface area contributed by atoms with Crippen LogP contribution in [0, 0.1) is 17.2 Å². The molecule has 1 heterocycles. The fourth-order valence-corrected chi connectivity index (χ4v) is 2.38. The van der Waals surface area contributed by atoms with Crippen LogP contribution in [0.1, 0.15) is 19.4 Å². The van der Waals surface area contributed by atoms with Gasteiger partial charge in [-0.05, 0) is 25.6 Å². The number of hydrogen-bond donors (Lipinski definition) is 2. The number of benzene rings is 1. The zero-order valence-corrected chi connectivity index (χ0v) is 12.5. The molecule has 0 spiro atoms. The van der Waals surface area contributed by atoms with Crippen molar-refractivity contribution < 1.29 is 0 Å². The van der Waals surface area contributed by atoms with E-state index >= 15 is 0 Å². The molecular formula is C16H21N5. The molecule has 0 radical (unpaired) electrons. The molecule has 5 nitrogen and oxygen atoms in total. The average molecular weight is 283 g/mol. The molecule has 1 aromatic heterocycles. The third-order valence-electron chi connectivity index (χ3n) is 3.53. The van der Waals surface area contributed by atoms with Gasteiger partial charge < -0.3 is 5.43 Å². The maximum Gasteiger partial charge on any atom is 0.145 e. The molecule has 110 valence electrons. The van der Waals surface area contributed by atoms with Gasteiger partial charge in [0.15, 0.2) is 0 Å². The minimum absolute atomic E-state index is 0.00708. The van der Waals surface area contributed by atoms with Gasteiger partial charge in [-0.1, -0.05) is 25.1 Å². The summed E-state index contributed by atoms with van der Waals surface area (Å²) in [6, 6.07) is 12.4. The number of rotatable bonds is 6. The molecule has 2 aromatic rings. The molecule has 5 heteroatoms. The molecule has 0 aliphatic carbocycles. The quantitative estimate of drug-likeness (QED) is 0.629. The number of anilines is 1. The summed E-state index contributed by atoms with van der Waals surface area (Å²) >= 11 is 0. The summed E-state index contributed by atoms with van der Waals surface area (Å²) in [5.41, 5.74) is 4.65. The second-order valence-corrected chi connectivity index (χ2v) is 5.19. The molecule has 3 N–H and O–H groups in total. The van der Waals surface area contributed by atoms with Crippen molar-refractivity contribution in [1.82, 2.24) is 9.88 Å². The molecule has 0 aliphatic heterocycles. The summed E-state index contributed by atoms with van der Waals surface area (Å²) in [6.45, 7) is 6.37. The number of hydrogen-bond acceptors (Lipinski definition) is 5. The van der Waals surface area contributed by atoms with E-state index in [9.17, 15) is 0 Å². The van der Waals surface area contributed by atoms with E-state index in [-0.39, 0.29) is 5.92 Å². The van der Waals surface area contributed by atoms with Crippen LogP contribution in [0.25, 0.3) is 10.9 Å². The Bertz CT molecular complexity index is 647. The maximum atomic E-state index is 8.97. The van der Waals surface area contributed by atoms with E-state index in [0.717, 1.165) is 36.1 Å². The van der Waals surface area contributed by atoms with Gasteiger partial charge in [-0.25, -0.2) is 10.8 Å². The second kappa shape index (κ2) is 7.02. The van der Waals surface area contributed by atoms with Crippen molar-refractivity contribution in [3.63, 3.8) is 0 Å². The van der Waals surface area contributed by atoms with Crippen LogP contribution in [-0.2, 0) is 6.54 Å². The summed E-state index contributed by atoms with van der Waals surface area (Å²) in [6.07, 6.45) is 0. The minimum Gasteiger partial charge on any atom is -0.308 e. The van der Waals surface area contributed by atoms with Gasteiger partial charge in [-0.3, -0.25) is 4.90 Å². The fourth-order valence-electron chi connectivity index (χ4n) is 2.38. The SMILES string of the molecule is CCN(Cc1cc2ccccc2nc1NN)CC(C)C#N. The monoisotopic (exact) mass is 283 g/mol. The predicted molar refractivity (Wildman–Crippen MR) is 85.3 cm³/mol. The van der Waals surface area contributed by atoms with Gasteiger partial charge in [0.25, 0.3) is 0 Å². The lowest BCUT2D eigenvalue weighted by atomic mass is 10.1. The largest absolute Gasteiger partial charge is 0.308 e. The first-order chi connectivity index (χ1) is 10.2. The molecule has 0 fully saturated rings. The van der Waals surface area contributed by atoms with E-state index in [4.69, 9.17) is 11.1 Å². The van der Waals surface area contributed by atoms with Crippen molar-refractivity contribution in [3.8, 4) is 6.07 Å². The Morgan fingerprint density at radius 1 is 1.43 bits per heavy atom. The molecule has 1 aromatic carbocycles. The zero-order chi connectivity index (χ0) is 15.2. The van der Waals surface area contributed by atoms with E-state index in [1.807, 2.05) is 31.2 Å². The van der Waals surface area contributed by atoms with Crippen LogP contribution >= 0.6 is 0 Å². The van der Waals surface area contributed by atoms with Gasteiger partial charge in [0.1, 0.15) is 5.82 Å². The van der Waals surface area contributed by atoms with E-state index in [1.54, 1.807) is 0 Å². The third-order valence-corrected chi connectivity index (χ3v) is 3.53. The Morgan fingerprint density at radius 3 is 2.86 bits per heavy atom. The van der Waals surface area contributed by atoms with E-state index < -0.39 is 0 Å². The number of fused-ring (bicyclic) bond motifs is 1. The normalized spacial score (nSPS) is 12.3. The lowest BCUT2D eigenvalue weighted by Crippen LogP contribution is -2.28. The topological polar surface area (TPSA) is 78.0 Å². The van der Waals surface area contributed by atoms with E-state index in [0.29, 0.717) is 5.82 Å². The van der Waals surface area contributed by atoms with Gasteiger partial charge >= 0.3 is 0 Å². The zero-order valence-electron chi connectivity index (χ0n) is 12.5. The van der Waals surface area contributed by atoms with Gasteiger partial charge in [0.05, 0.1) is 17.5 Å². The van der Waals surface area contributed by atoms with Crippen LogP contribution in [0.15, 0.2) is 30.3 Å². The highest BCUT2D eigenvalue weighted by atomic mass is 15.3. The first-order valence-corrected chi connectivity index (χ1v) is 7.15. The van der Waals surface area contributed by atoms with Crippen LogP contribution in [0.3, 0.4) is 0 Å². The van der Waals surface area contributed by atoms with Crippen molar-refractivity contribution in [2.75, 3.05) is 18.5 Å². The number of pyridine rings is 1. The number of aromatic nitrogens is 1. The molecule has 0 bridgehead atoms. The highest BCUT2D eigenvalue weighted by Crippen LogP contribution is 2.21. The van der Waals surface area contributed by atoms with Gasteiger partial charge in [-0.15, -0.1) is 0 Å². The number of nitriles is 1. The average Bonchev–Trinajstić information content (AvgIpc) is 2.53. The molecule has 1 unspecified atom stereocenters. The number of nitrogen functional groups attached to an aromatic ring is 1. The van der Waals surface area contributed by atoms with Crippen molar-refractivity contribution >= 4 is 16.7 Å². The summed E-state index contributed by atoms with van der Waals surface area (Å²) in [7, 11) is 0. The smallest absolute Gasteiger partial charge is 0.145 e.